The van der Waals surface area contributed by atoms with Crippen LogP contribution in [-0.2, 0) is 23.1 Å². The van der Waals surface area contributed by atoms with Gasteiger partial charge in [0.15, 0.2) is 0 Å². The number of aliphatic carboxylic acids is 1. The molecule has 0 spiro atoms. The zero-order valence-corrected chi connectivity index (χ0v) is 12.3. The van der Waals surface area contributed by atoms with Crippen LogP contribution in [0.1, 0.15) is 23.6 Å². The lowest BCUT2D eigenvalue weighted by atomic mass is 9.75. The van der Waals surface area contributed by atoms with Crippen molar-refractivity contribution >= 4 is 5.97 Å². The maximum atomic E-state index is 11.9. The Bertz CT molecular complexity index is 592. The standard InChI is InChI=1S/C18H21NO2/c1-2-14-8-10-15(11-9-14)12-18(13-19,17(20)21)16-6-4-3-5-7-16/h3-11H,2,12-13,19H2,1H3,(H,20,21). The molecule has 2 aromatic rings. The highest BCUT2D eigenvalue weighted by molar-refractivity contribution is 5.82. The molecule has 3 nitrogen and oxygen atoms in total. The van der Waals surface area contributed by atoms with Gasteiger partial charge in [0.05, 0.1) is 0 Å². The number of rotatable bonds is 6. The van der Waals surface area contributed by atoms with Crippen LogP contribution in [0.2, 0.25) is 0 Å². The summed E-state index contributed by atoms with van der Waals surface area (Å²) < 4.78 is 0. The van der Waals surface area contributed by atoms with Gasteiger partial charge in [-0.2, -0.15) is 0 Å². The third kappa shape index (κ3) is 3.14. The number of carboxylic acids is 1. The number of carbonyl (C=O) groups is 1. The molecule has 110 valence electrons. The Morgan fingerprint density at radius 3 is 2.10 bits per heavy atom. The fraction of sp³-hybridized carbons (Fsp3) is 0.278. The van der Waals surface area contributed by atoms with E-state index in [4.69, 9.17) is 5.73 Å². The summed E-state index contributed by atoms with van der Waals surface area (Å²) in [6.07, 6.45) is 1.37. The largest absolute Gasteiger partial charge is 0.481 e. The van der Waals surface area contributed by atoms with Crippen LogP contribution in [0.4, 0.5) is 0 Å². The molecule has 0 amide bonds. The van der Waals surface area contributed by atoms with Gasteiger partial charge in [0.25, 0.3) is 0 Å². The molecule has 0 aliphatic carbocycles. The van der Waals surface area contributed by atoms with Gasteiger partial charge in [0.2, 0.25) is 0 Å². The quantitative estimate of drug-likeness (QED) is 0.857. The fourth-order valence-corrected chi connectivity index (χ4v) is 2.58. The summed E-state index contributed by atoms with van der Waals surface area (Å²) in [4.78, 5) is 11.9. The van der Waals surface area contributed by atoms with E-state index in [-0.39, 0.29) is 6.54 Å². The molecule has 0 radical (unpaired) electrons. The Hall–Kier alpha value is -2.13. The van der Waals surface area contributed by atoms with Crippen molar-refractivity contribution in [2.45, 2.75) is 25.2 Å². The van der Waals surface area contributed by atoms with Crippen LogP contribution in [0.3, 0.4) is 0 Å². The van der Waals surface area contributed by atoms with E-state index in [0.29, 0.717) is 6.42 Å². The number of aryl methyl sites for hydroxylation is 1. The van der Waals surface area contributed by atoms with Crippen LogP contribution in [0, 0.1) is 0 Å². The summed E-state index contributed by atoms with van der Waals surface area (Å²) >= 11 is 0. The first-order valence-electron chi connectivity index (χ1n) is 7.19. The molecule has 2 rings (SSSR count). The van der Waals surface area contributed by atoms with Crippen molar-refractivity contribution in [3.05, 3.63) is 71.3 Å². The first-order chi connectivity index (χ1) is 10.1. The molecule has 3 N–H and O–H groups in total. The maximum Gasteiger partial charge on any atom is 0.315 e. The second-order valence-electron chi connectivity index (χ2n) is 5.30. The first-order valence-corrected chi connectivity index (χ1v) is 7.19. The molecule has 0 heterocycles. The molecule has 0 aliphatic rings. The average molecular weight is 283 g/mol. The normalized spacial score (nSPS) is 13.6. The highest BCUT2D eigenvalue weighted by Gasteiger charge is 2.39. The van der Waals surface area contributed by atoms with Crippen molar-refractivity contribution in [2.75, 3.05) is 6.54 Å². The van der Waals surface area contributed by atoms with Crippen LogP contribution in [0.15, 0.2) is 54.6 Å². The molecular formula is C18H21NO2. The lowest BCUT2D eigenvalue weighted by molar-refractivity contribution is -0.143. The van der Waals surface area contributed by atoms with Crippen molar-refractivity contribution < 1.29 is 9.90 Å². The Kier molecular flexibility index (Phi) is 4.76. The third-order valence-electron chi connectivity index (χ3n) is 4.02. The summed E-state index contributed by atoms with van der Waals surface area (Å²) in [6.45, 7) is 2.17. The summed E-state index contributed by atoms with van der Waals surface area (Å²) in [5.41, 5.74) is 7.77. The second-order valence-corrected chi connectivity index (χ2v) is 5.30. The van der Waals surface area contributed by atoms with Crippen molar-refractivity contribution in [1.82, 2.24) is 0 Å². The minimum atomic E-state index is -1.07. The summed E-state index contributed by atoms with van der Waals surface area (Å²) in [6, 6.07) is 17.3. The van der Waals surface area contributed by atoms with E-state index in [9.17, 15) is 9.90 Å². The molecule has 2 aromatic carbocycles. The Labute approximate surface area is 125 Å². The van der Waals surface area contributed by atoms with Crippen LogP contribution >= 0.6 is 0 Å². The molecule has 3 heteroatoms. The van der Waals surface area contributed by atoms with E-state index >= 15 is 0 Å². The van der Waals surface area contributed by atoms with Crippen LogP contribution in [0.25, 0.3) is 0 Å². The molecule has 0 fully saturated rings. The zero-order chi connectivity index (χ0) is 15.3. The van der Waals surface area contributed by atoms with Gasteiger partial charge in [-0.3, -0.25) is 4.79 Å². The predicted octanol–water partition coefficient (Wildman–Crippen LogP) is 2.77. The van der Waals surface area contributed by atoms with E-state index in [1.807, 2.05) is 54.6 Å². The Balaban J connectivity index is 2.38. The van der Waals surface area contributed by atoms with Gasteiger partial charge in [0.1, 0.15) is 5.41 Å². The lowest BCUT2D eigenvalue weighted by Gasteiger charge is -2.28. The molecule has 1 atom stereocenters. The van der Waals surface area contributed by atoms with Gasteiger partial charge >= 0.3 is 5.97 Å². The highest BCUT2D eigenvalue weighted by atomic mass is 16.4. The molecule has 0 saturated heterocycles. The van der Waals surface area contributed by atoms with E-state index in [1.54, 1.807) is 0 Å². The minimum absolute atomic E-state index is 0.0713. The topological polar surface area (TPSA) is 63.3 Å². The second kappa shape index (κ2) is 6.55. The van der Waals surface area contributed by atoms with Gasteiger partial charge in [-0.05, 0) is 29.5 Å². The summed E-state index contributed by atoms with van der Waals surface area (Å²) in [7, 11) is 0. The molecule has 1 unspecified atom stereocenters. The van der Waals surface area contributed by atoms with Crippen LogP contribution in [-0.4, -0.2) is 17.6 Å². The van der Waals surface area contributed by atoms with Crippen LogP contribution < -0.4 is 5.73 Å². The highest BCUT2D eigenvalue weighted by Crippen LogP contribution is 2.28. The average Bonchev–Trinajstić information content (AvgIpc) is 2.54. The molecule has 0 aliphatic heterocycles. The monoisotopic (exact) mass is 283 g/mol. The lowest BCUT2D eigenvalue weighted by Crippen LogP contribution is -2.44. The predicted molar refractivity (Wildman–Crippen MR) is 84.3 cm³/mol. The van der Waals surface area contributed by atoms with E-state index in [0.717, 1.165) is 17.5 Å². The van der Waals surface area contributed by atoms with Crippen molar-refractivity contribution in [3.63, 3.8) is 0 Å². The van der Waals surface area contributed by atoms with Gasteiger partial charge in [-0.15, -0.1) is 0 Å². The number of hydrogen-bond donors (Lipinski definition) is 2. The third-order valence-corrected chi connectivity index (χ3v) is 4.02. The van der Waals surface area contributed by atoms with Gasteiger partial charge in [0, 0.05) is 6.54 Å². The molecule has 0 bridgehead atoms. The molecule has 0 aromatic heterocycles. The Morgan fingerprint density at radius 1 is 1.05 bits per heavy atom. The minimum Gasteiger partial charge on any atom is -0.481 e. The van der Waals surface area contributed by atoms with Crippen molar-refractivity contribution in [2.24, 2.45) is 5.73 Å². The van der Waals surface area contributed by atoms with Gasteiger partial charge < -0.3 is 10.8 Å². The molecular weight excluding hydrogens is 262 g/mol. The number of nitrogens with two attached hydrogens (primary N) is 1. The number of hydrogen-bond acceptors (Lipinski definition) is 2. The fourth-order valence-electron chi connectivity index (χ4n) is 2.58. The Morgan fingerprint density at radius 2 is 1.62 bits per heavy atom. The number of benzene rings is 2. The van der Waals surface area contributed by atoms with E-state index < -0.39 is 11.4 Å². The summed E-state index contributed by atoms with van der Waals surface area (Å²) in [5, 5.41) is 9.76. The molecule has 0 saturated carbocycles. The van der Waals surface area contributed by atoms with Crippen LogP contribution in [0.5, 0.6) is 0 Å². The maximum absolute atomic E-state index is 11.9. The SMILES string of the molecule is CCc1ccc(CC(CN)(C(=O)O)c2ccccc2)cc1. The first kappa shape index (κ1) is 15.3. The van der Waals surface area contributed by atoms with Crippen molar-refractivity contribution in [1.29, 1.82) is 0 Å². The van der Waals surface area contributed by atoms with Gasteiger partial charge in [-0.1, -0.05) is 61.5 Å². The van der Waals surface area contributed by atoms with Gasteiger partial charge in [-0.25, -0.2) is 0 Å². The van der Waals surface area contributed by atoms with E-state index in [2.05, 4.69) is 6.92 Å². The smallest absolute Gasteiger partial charge is 0.315 e. The molecule has 21 heavy (non-hydrogen) atoms. The number of carboxylic acid groups (broad SMARTS) is 1. The zero-order valence-electron chi connectivity index (χ0n) is 12.3. The van der Waals surface area contributed by atoms with Crippen molar-refractivity contribution in [3.8, 4) is 0 Å². The summed E-state index contributed by atoms with van der Waals surface area (Å²) in [5.74, 6) is -0.879. The van der Waals surface area contributed by atoms with E-state index in [1.165, 1.54) is 5.56 Å².